The highest BCUT2D eigenvalue weighted by atomic mass is 79.9. The molecule has 0 aliphatic carbocycles. The van der Waals surface area contributed by atoms with E-state index in [0.717, 1.165) is 6.08 Å². The molecule has 0 fully saturated rings. The fraction of sp³-hybridized carbons (Fsp3) is 0. The van der Waals surface area contributed by atoms with Gasteiger partial charge in [0.25, 0.3) is 0 Å². The number of carbonyl (C=O) groups is 2. The highest BCUT2D eigenvalue weighted by Gasteiger charge is 2.08. The molecule has 1 aromatic heterocycles. The van der Waals surface area contributed by atoms with E-state index < -0.39 is 17.7 Å². The minimum absolute atomic E-state index is 0.0664. The topological polar surface area (TPSA) is 95.1 Å². The smallest absolute Gasteiger partial charge is 0.353 e. The largest absolute Gasteiger partial charge is 0.477 e. The lowest BCUT2D eigenvalue weighted by molar-refractivity contribution is -0.111. The molecule has 2 rings (SSSR count). The number of nitrogens with zero attached hydrogens (tertiary/aromatic N) is 1. The van der Waals surface area contributed by atoms with E-state index in [9.17, 15) is 14.0 Å². The fourth-order valence-corrected chi connectivity index (χ4v) is 1.85. The van der Waals surface area contributed by atoms with Crippen LogP contribution in [0, 0.1) is 5.82 Å². The molecule has 0 radical (unpaired) electrons. The zero-order valence-electron chi connectivity index (χ0n) is 10.4. The number of carboxylic acids is 1. The van der Waals surface area contributed by atoms with E-state index >= 15 is 0 Å². The third-order valence-electron chi connectivity index (χ3n) is 2.43. The number of H-pyrrole nitrogens is 1. The van der Waals surface area contributed by atoms with E-state index in [0.29, 0.717) is 4.47 Å². The monoisotopic (exact) mass is 353 g/mol. The van der Waals surface area contributed by atoms with Crippen molar-refractivity contribution in [3.63, 3.8) is 0 Å². The van der Waals surface area contributed by atoms with Gasteiger partial charge in [-0.25, -0.2) is 9.18 Å². The van der Waals surface area contributed by atoms with Gasteiger partial charge in [-0.05, 0) is 24.3 Å². The van der Waals surface area contributed by atoms with Crippen LogP contribution in [-0.4, -0.2) is 27.2 Å². The minimum Gasteiger partial charge on any atom is -0.477 e. The lowest BCUT2D eigenvalue weighted by atomic mass is 10.2. The van der Waals surface area contributed by atoms with Crippen molar-refractivity contribution in [3.8, 4) is 0 Å². The highest BCUT2D eigenvalue weighted by Crippen LogP contribution is 2.16. The van der Waals surface area contributed by atoms with Gasteiger partial charge in [-0.3, -0.25) is 9.89 Å². The van der Waals surface area contributed by atoms with Gasteiger partial charge in [0.05, 0.1) is 0 Å². The van der Waals surface area contributed by atoms with Crippen LogP contribution in [0.1, 0.15) is 16.1 Å². The average Bonchev–Trinajstić information content (AvgIpc) is 2.88. The Labute approximate surface area is 126 Å². The molecule has 0 bridgehead atoms. The molecule has 0 unspecified atom stereocenters. The lowest BCUT2D eigenvalue weighted by Gasteiger charge is -1.98. The van der Waals surface area contributed by atoms with E-state index in [2.05, 4.69) is 31.4 Å². The first-order valence-corrected chi connectivity index (χ1v) is 6.48. The van der Waals surface area contributed by atoms with Crippen molar-refractivity contribution in [3.05, 3.63) is 51.9 Å². The van der Waals surface area contributed by atoms with Crippen LogP contribution in [0.5, 0.6) is 0 Å². The molecular weight excluding hydrogens is 345 g/mol. The van der Waals surface area contributed by atoms with Crippen molar-refractivity contribution in [2.45, 2.75) is 0 Å². The average molecular weight is 354 g/mol. The summed E-state index contributed by atoms with van der Waals surface area (Å²) in [6.45, 7) is 0. The molecule has 1 amide bonds. The Morgan fingerprint density at radius 2 is 2.14 bits per heavy atom. The van der Waals surface area contributed by atoms with Crippen LogP contribution in [0.15, 0.2) is 34.8 Å². The summed E-state index contributed by atoms with van der Waals surface area (Å²) in [4.78, 5) is 22.3. The van der Waals surface area contributed by atoms with E-state index in [1.165, 1.54) is 24.3 Å². The summed E-state index contributed by atoms with van der Waals surface area (Å²) < 4.78 is 14.1. The van der Waals surface area contributed by atoms with Crippen LogP contribution in [-0.2, 0) is 4.79 Å². The third-order valence-corrected chi connectivity index (χ3v) is 2.93. The van der Waals surface area contributed by atoms with Crippen molar-refractivity contribution >= 4 is 39.7 Å². The van der Waals surface area contributed by atoms with Gasteiger partial charge in [0, 0.05) is 22.2 Å². The predicted molar refractivity (Wildman–Crippen MR) is 77.3 cm³/mol. The van der Waals surface area contributed by atoms with Gasteiger partial charge >= 0.3 is 5.97 Å². The van der Waals surface area contributed by atoms with Crippen molar-refractivity contribution in [2.24, 2.45) is 0 Å². The molecule has 1 aromatic carbocycles. The van der Waals surface area contributed by atoms with Crippen LogP contribution in [0.3, 0.4) is 0 Å². The summed E-state index contributed by atoms with van der Waals surface area (Å²) >= 11 is 3.20. The van der Waals surface area contributed by atoms with Crippen LogP contribution in [0.25, 0.3) is 6.08 Å². The van der Waals surface area contributed by atoms with E-state index in [-0.39, 0.29) is 17.1 Å². The maximum absolute atomic E-state index is 13.5. The number of hydrogen-bond acceptors (Lipinski definition) is 3. The Morgan fingerprint density at radius 1 is 1.38 bits per heavy atom. The number of nitrogens with one attached hydrogen (secondary N) is 2. The predicted octanol–water partition coefficient (Wildman–Crippen LogP) is 2.66. The second-order valence-electron chi connectivity index (χ2n) is 3.96. The molecule has 21 heavy (non-hydrogen) atoms. The van der Waals surface area contributed by atoms with Gasteiger partial charge in [-0.1, -0.05) is 15.9 Å². The summed E-state index contributed by atoms with van der Waals surface area (Å²) in [5, 5.41) is 16.9. The van der Waals surface area contributed by atoms with Gasteiger partial charge in [0.2, 0.25) is 5.91 Å². The first-order valence-electron chi connectivity index (χ1n) is 5.68. The number of carboxylic acid groups (broad SMARTS) is 1. The van der Waals surface area contributed by atoms with Gasteiger partial charge in [-0.2, -0.15) is 5.10 Å². The van der Waals surface area contributed by atoms with Crippen LogP contribution >= 0.6 is 15.9 Å². The molecule has 0 aliphatic rings. The summed E-state index contributed by atoms with van der Waals surface area (Å²) in [5.74, 6) is -2.14. The minimum atomic E-state index is -1.19. The van der Waals surface area contributed by atoms with Gasteiger partial charge in [-0.15, -0.1) is 0 Å². The lowest BCUT2D eigenvalue weighted by Crippen LogP contribution is -2.08. The summed E-state index contributed by atoms with van der Waals surface area (Å²) in [6, 6.07) is 5.52. The number of rotatable bonds is 4. The van der Waals surface area contributed by atoms with E-state index in [4.69, 9.17) is 5.11 Å². The molecule has 0 spiro atoms. The summed E-state index contributed by atoms with van der Waals surface area (Å²) in [5.41, 5.74) is 0.0973. The summed E-state index contributed by atoms with van der Waals surface area (Å²) in [7, 11) is 0. The molecular formula is C13H9BrFN3O3. The second-order valence-corrected chi connectivity index (χ2v) is 4.88. The Balaban J connectivity index is 2.05. The Morgan fingerprint density at radius 3 is 2.81 bits per heavy atom. The molecule has 1 heterocycles. The molecule has 0 saturated carbocycles. The first-order chi connectivity index (χ1) is 9.95. The number of aromatic nitrogens is 2. The SMILES string of the molecule is O=C(C=Cc1cc(Br)ccc1F)Nc1cc(C(=O)O)[nH]n1. The maximum Gasteiger partial charge on any atom is 0.353 e. The standard InChI is InChI=1S/C13H9BrFN3O3/c14-8-2-3-9(15)7(5-8)1-4-12(19)16-11-6-10(13(20)21)17-18-11/h1-6H,(H,20,21)(H2,16,17,18,19). The maximum atomic E-state index is 13.5. The second kappa shape index (κ2) is 6.31. The van der Waals surface area contributed by atoms with Crippen molar-refractivity contribution < 1.29 is 19.1 Å². The van der Waals surface area contributed by atoms with Crippen LogP contribution in [0.4, 0.5) is 10.2 Å². The number of amides is 1. The normalized spacial score (nSPS) is 10.8. The van der Waals surface area contributed by atoms with Gasteiger partial charge in [0.1, 0.15) is 11.5 Å². The molecule has 2 aromatic rings. The highest BCUT2D eigenvalue weighted by molar-refractivity contribution is 9.10. The molecule has 108 valence electrons. The van der Waals surface area contributed by atoms with Crippen LogP contribution in [0.2, 0.25) is 0 Å². The number of carbonyl (C=O) groups excluding carboxylic acids is 1. The molecule has 3 N–H and O–H groups in total. The molecule has 8 heteroatoms. The van der Waals surface area contributed by atoms with Gasteiger partial charge < -0.3 is 10.4 Å². The Bertz CT molecular complexity index is 727. The molecule has 6 nitrogen and oxygen atoms in total. The zero-order valence-corrected chi connectivity index (χ0v) is 12.0. The van der Waals surface area contributed by atoms with Crippen molar-refractivity contribution in [1.29, 1.82) is 0 Å². The number of aromatic carboxylic acids is 1. The summed E-state index contributed by atoms with van der Waals surface area (Å²) in [6.07, 6.45) is 2.43. The Hall–Kier alpha value is -2.48. The quantitative estimate of drug-likeness (QED) is 0.736. The number of hydrogen-bond donors (Lipinski definition) is 3. The fourth-order valence-electron chi connectivity index (χ4n) is 1.47. The van der Waals surface area contributed by atoms with Crippen molar-refractivity contribution in [2.75, 3.05) is 5.32 Å². The number of benzene rings is 1. The van der Waals surface area contributed by atoms with Crippen LogP contribution < -0.4 is 5.32 Å². The molecule has 0 atom stereocenters. The van der Waals surface area contributed by atoms with E-state index in [1.807, 2.05) is 0 Å². The molecule has 0 saturated heterocycles. The van der Waals surface area contributed by atoms with Gasteiger partial charge in [0.15, 0.2) is 5.82 Å². The van der Waals surface area contributed by atoms with E-state index in [1.54, 1.807) is 6.07 Å². The zero-order chi connectivity index (χ0) is 15.4. The number of halogens is 2. The number of anilines is 1. The number of aromatic amines is 1. The first kappa shape index (κ1) is 14.9. The Kier molecular flexibility index (Phi) is 4.49. The van der Waals surface area contributed by atoms with Crippen molar-refractivity contribution in [1.82, 2.24) is 10.2 Å². The third kappa shape index (κ3) is 3.99. The molecule has 0 aliphatic heterocycles.